The van der Waals surface area contributed by atoms with Crippen LogP contribution in [-0.4, -0.2) is 93.3 Å². The molecule has 0 saturated carbocycles. The molecular formula is C26H32N4O11. The van der Waals surface area contributed by atoms with Gasteiger partial charge in [-0.1, -0.05) is 29.8 Å². The zero-order valence-electron chi connectivity index (χ0n) is 22.2. The quantitative estimate of drug-likeness (QED) is 0.171. The molecule has 41 heavy (non-hydrogen) atoms. The number of nitrogens with zero attached hydrogens (tertiary/aromatic N) is 1. The van der Waals surface area contributed by atoms with Gasteiger partial charge in [-0.25, -0.2) is 4.79 Å². The number of methoxy groups -OCH3 is 1. The number of carbonyl (C=O) groups is 2. The van der Waals surface area contributed by atoms with Crippen LogP contribution in [0.2, 0.25) is 0 Å². The first-order valence-corrected chi connectivity index (χ1v) is 12.7. The minimum atomic E-state index is -1.77. The molecule has 2 aliphatic heterocycles. The number of aliphatic hydroxyl groups is 3. The molecule has 15 heteroatoms. The van der Waals surface area contributed by atoms with Gasteiger partial charge < -0.3 is 45.3 Å². The number of amides is 2. The van der Waals surface area contributed by atoms with Crippen LogP contribution in [0.1, 0.15) is 17.4 Å². The van der Waals surface area contributed by atoms with E-state index in [4.69, 9.17) is 24.7 Å². The largest absolute Gasteiger partial charge is 0.456 e. The van der Waals surface area contributed by atoms with Gasteiger partial charge in [0.25, 0.3) is 11.5 Å². The smallest absolute Gasteiger partial charge is 0.330 e. The summed E-state index contributed by atoms with van der Waals surface area (Å²) in [6.07, 6.45) is -9.94. The van der Waals surface area contributed by atoms with Gasteiger partial charge in [0.1, 0.15) is 30.5 Å². The predicted octanol–water partition coefficient (Wildman–Crippen LogP) is -2.69. The van der Waals surface area contributed by atoms with Crippen LogP contribution in [-0.2, 0) is 35.0 Å². The molecule has 4 rings (SSSR count). The van der Waals surface area contributed by atoms with E-state index in [1.54, 1.807) is 0 Å². The van der Waals surface area contributed by atoms with Crippen LogP contribution in [0.15, 0.2) is 58.0 Å². The zero-order valence-corrected chi connectivity index (χ0v) is 22.2. The molecule has 1 fully saturated rings. The van der Waals surface area contributed by atoms with Crippen molar-refractivity contribution in [2.75, 3.05) is 13.7 Å². The maximum Gasteiger partial charge on any atom is 0.330 e. The van der Waals surface area contributed by atoms with E-state index in [2.05, 4.69) is 5.32 Å². The number of H-pyrrole nitrogens is 1. The number of nitrogens with one attached hydrogen (secondary N) is 2. The number of hydrogen-bond donors (Lipinski definition) is 6. The number of nitrogens with two attached hydrogens (primary N) is 1. The van der Waals surface area contributed by atoms with Crippen LogP contribution in [0, 0.1) is 6.92 Å². The summed E-state index contributed by atoms with van der Waals surface area (Å²) in [7, 11) is 1.21. The van der Waals surface area contributed by atoms with Crippen molar-refractivity contribution >= 4 is 11.8 Å². The minimum Gasteiger partial charge on any atom is -0.456 e. The highest BCUT2D eigenvalue weighted by Gasteiger charge is 2.52. The molecule has 7 N–H and O–H groups in total. The molecule has 1 saturated heterocycles. The number of aromatic nitrogens is 2. The molecule has 2 aromatic rings. The summed E-state index contributed by atoms with van der Waals surface area (Å²) in [6.45, 7) is 2.20. The van der Waals surface area contributed by atoms with Crippen molar-refractivity contribution in [2.45, 2.75) is 62.5 Å². The van der Waals surface area contributed by atoms with Gasteiger partial charge in [0.2, 0.25) is 12.2 Å². The monoisotopic (exact) mass is 576 g/mol. The van der Waals surface area contributed by atoms with Crippen LogP contribution < -0.4 is 22.3 Å². The molecule has 15 nitrogen and oxygen atoms in total. The van der Waals surface area contributed by atoms with E-state index in [9.17, 15) is 34.5 Å². The Hall–Kier alpha value is -3.86. The number of aliphatic hydroxyl groups excluding tert-OH is 3. The molecule has 0 radical (unpaired) electrons. The molecule has 0 bridgehead atoms. The molecule has 3 heterocycles. The summed E-state index contributed by atoms with van der Waals surface area (Å²) in [4.78, 5) is 50.9. The molecule has 2 amide bonds. The highest BCUT2D eigenvalue weighted by molar-refractivity contribution is 5.91. The fourth-order valence-corrected chi connectivity index (χ4v) is 4.55. The van der Waals surface area contributed by atoms with E-state index in [0.29, 0.717) is 6.42 Å². The first-order chi connectivity index (χ1) is 19.5. The van der Waals surface area contributed by atoms with Crippen LogP contribution >= 0.6 is 0 Å². The molecule has 2 aliphatic rings. The second kappa shape index (κ2) is 12.8. The first-order valence-electron chi connectivity index (χ1n) is 12.7. The molecule has 8 atom stereocenters. The maximum atomic E-state index is 12.7. The average molecular weight is 577 g/mol. The Morgan fingerprint density at radius 3 is 2.49 bits per heavy atom. The van der Waals surface area contributed by atoms with E-state index in [1.165, 1.54) is 7.11 Å². The van der Waals surface area contributed by atoms with Gasteiger partial charge in [0.05, 0.1) is 0 Å². The molecule has 0 spiro atoms. The predicted molar refractivity (Wildman–Crippen MR) is 139 cm³/mol. The first kappa shape index (κ1) is 30.1. The normalized spacial score (nSPS) is 28.4. The Kier molecular flexibility index (Phi) is 9.37. The number of carbonyl (C=O) groups excluding carboxylic acids is 2. The Bertz CT molecular complexity index is 1390. The van der Waals surface area contributed by atoms with Crippen LogP contribution in [0.3, 0.4) is 0 Å². The van der Waals surface area contributed by atoms with Crippen molar-refractivity contribution in [1.29, 1.82) is 0 Å². The lowest BCUT2D eigenvalue weighted by Gasteiger charge is -2.35. The maximum absolute atomic E-state index is 12.7. The summed E-state index contributed by atoms with van der Waals surface area (Å²) in [6, 6.07) is 8.78. The average Bonchev–Trinajstić information content (AvgIpc) is 3.25. The van der Waals surface area contributed by atoms with Crippen LogP contribution in [0.5, 0.6) is 0 Å². The molecule has 2 unspecified atom stereocenters. The minimum absolute atomic E-state index is 0.242. The molecule has 1 aromatic carbocycles. The highest BCUT2D eigenvalue weighted by Crippen LogP contribution is 2.34. The number of hydrogen-bond acceptors (Lipinski definition) is 11. The van der Waals surface area contributed by atoms with Crippen LogP contribution in [0.4, 0.5) is 0 Å². The Morgan fingerprint density at radius 1 is 1.15 bits per heavy atom. The number of rotatable bonds is 10. The summed E-state index contributed by atoms with van der Waals surface area (Å²) >= 11 is 0. The number of ether oxygens (including phenoxy) is 4. The Labute approximate surface area is 233 Å². The number of aromatic amines is 1. The molecule has 1 aromatic heterocycles. The van der Waals surface area contributed by atoms with Crippen LogP contribution in [0.25, 0.3) is 0 Å². The topological polar surface area (TPSA) is 225 Å². The SMILES string of the molecule is CO[C@@H]1C(C(O[C@H]2OC(C(=O)NCCc3ccc(C)cc3)=C[C@H](O)[C@@H]2O)C(N)=O)O[C@@H](n2ccc(=O)[nH]c2=O)[C@@H]1O. The van der Waals surface area contributed by atoms with E-state index in [-0.39, 0.29) is 12.3 Å². The van der Waals surface area contributed by atoms with E-state index >= 15 is 0 Å². The highest BCUT2D eigenvalue weighted by atomic mass is 16.7. The van der Waals surface area contributed by atoms with Crippen molar-refractivity contribution in [3.05, 3.63) is 80.3 Å². The molecule has 222 valence electrons. The standard InChI is InChI=1S/C26H32N4O11/c1-12-3-5-13(6-4-12)7-9-28-23(36)15-11-14(31)17(33)25(39-15)41-21(22(27)35)20-19(38-2)18(34)24(40-20)30-10-8-16(32)29-26(30)37/h3-6,8,10-11,14,17-21,24-25,31,33-34H,7,9H2,1-2H3,(H2,27,35)(H,28,36)(H,29,32,37)/t14-,17-,18+,19-,20?,21?,24+,25+/m0/s1. The van der Waals surface area contributed by atoms with Gasteiger partial charge in [-0.2, -0.15) is 0 Å². The second-order valence-corrected chi connectivity index (χ2v) is 9.65. The van der Waals surface area contributed by atoms with Crippen molar-refractivity contribution in [1.82, 2.24) is 14.9 Å². The van der Waals surface area contributed by atoms with E-state index in [0.717, 1.165) is 34.0 Å². The second-order valence-electron chi connectivity index (χ2n) is 9.65. The van der Waals surface area contributed by atoms with Gasteiger partial charge >= 0.3 is 5.69 Å². The fraction of sp³-hybridized carbons (Fsp3) is 0.462. The van der Waals surface area contributed by atoms with Gasteiger partial charge in [0.15, 0.2) is 18.1 Å². The van der Waals surface area contributed by atoms with E-state index < -0.39 is 72.2 Å². The number of primary amides is 1. The van der Waals surface area contributed by atoms with Gasteiger partial charge in [-0.05, 0) is 25.0 Å². The lowest BCUT2D eigenvalue weighted by atomic mass is 10.0. The van der Waals surface area contributed by atoms with Gasteiger partial charge in [-0.3, -0.25) is 23.9 Å². The van der Waals surface area contributed by atoms with Crippen molar-refractivity contribution in [2.24, 2.45) is 5.73 Å². The van der Waals surface area contributed by atoms with Gasteiger partial charge in [0, 0.05) is 25.9 Å². The van der Waals surface area contributed by atoms with Crippen molar-refractivity contribution in [3.8, 4) is 0 Å². The zero-order chi connectivity index (χ0) is 29.8. The Morgan fingerprint density at radius 2 is 1.85 bits per heavy atom. The molecular weight excluding hydrogens is 544 g/mol. The third-order valence-electron chi connectivity index (χ3n) is 6.74. The summed E-state index contributed by atoms with van der Waals surface area (Å²) in [5.74, 6) is -2.19. The Balaban J connectivity index is 1.46. The van der Waals surface area contributed by atoms with Crippen molar-refractivity contribution < 1.29 is 43.9 Å². The van der Waals surface area contributed by atoms with Crippen molar-refractivity contribution in [3.63, 3.8) is 0 Å². The number of benzene rings is 1. The third kappa shape index (κ3) is 6.73. The lowest BCUT2D eigenvalue weighted by molar-refractivity contribution is -0.241. The lowest BCUT2D eigenvalue weighted by Crippen LogP contribution is -2.54. The fourth-order valence-electron chi connectivity index (χ4n) is 4.55. The van der Waals surface area contributed by atoms with E-state index in [1.807, 2.05) is 36.2 Å². The number of aryl methyl sites for hydroxylation is 1. The third-order valence-corrected chi connectivity index (χ3v) is 6.74. The summed E-state index contributed by atoms with van der Waals surface area (Å²) < 4.78 is 23.0. The summed E-state index contributed by atoms with van der Waals surface area (Å²) in [5, 5.41) is 34.3. The summed E-state index contributed by atoms with van der Waals surface area (Å²) in [5.41, 5.74) is 6.06. The molecule has 0 aliphatic carbocycles. The van der Waals surface area contributed by atoms with Gasteiger partial charge in [-0.15, -0.1) is 0 Å².